The van der Waals surface area contributed by atoms with Crippen LogP contribution in [0.4, 0.5) is 0 Å². The standard InChI is InChI=1S/C18H23N3O4S/c1-20-12-15(11-19-20)17-13-26(23,24)9-8-21(17)18(22)7-6-14-4-3-5-16(10-14)25-2/h3-5,10-12,17H,6-9,13H2,1-2H3. The summed E-state index contributed by atoms with van der Waals surface area (Å²) in [5, 5.41) is 4.12. The number of carbonyl (C=O) groups is 1. The van der Waals surface area contributed by atoms with E-state index in [1.807, 2.05) is 24.3 Å². The van der Waals surface area contributed by atoms with Crippen LogP contribution in [0, 0.1) is 0 Å². The van der Waals surface area contributed by atoms with Crippen LogP contribution in [0.2, 0.25) is 0 Å². The SMILES string of the molecule is COc1cccc(CCC(=O)N2CCS(=O)(=O)CC2c2cnn(C)c2)c1. The molecule has 0 spiro atoms. The first-order valence-electron chi connectivity index (χ1n) is 8.49. The topological polar surface area (TPSA) is 81.5 Å². The van der Waals surface area contributed by atoms with E-state index in [2.05, 4.69) is 5.10 Å². The van der Waals surface area contributed by atoms with E-state index in [9.17, 15) is 13.2 Å². The molecule has 0 bridgehead atoms. The highest BCUT2D eigenvalue weighted by atomic mass is 32.2. The van der Waals surface area contributed by atoms with Gasteiger partial charge in [0.05, 0.1) is 30.9 Å². The first-order chi connectivity index (χ1) is 12.4. The largest absolute Gasteiger partial charge is 0.497 e. The summed E-state index contributed by atoms with van der Waals surface area (Å²) in [7, 11) is 0.221. The third-order valence-corrected chi connectivity index (χ3v) is 6.25. The van der Waals surface area contributed by atoms with Crippen LogP contribution in [0.1, 0.15) is 23.6 Å². The summed E-state index contributed by atoms with van der Waals surface area (Å²) < 4.78 is 31.0. The van der Waals surface area contributed by atoms with Crippen molar-refractivity contribution in [3.63, 3.8) is 0 Å². The molecule has 1 aromatic heterocycles. The van der Waals surface area contributed by atoms with E-state index >= 15 is 0 Å². The summed E-state index contributed by atoms with van der Waals surface area (Å²) in [4.78, 5) is 14.5. The van der Waals surface area contributed by atoms with Gasteiger partial charge in [-0.2, -0.15) is 5.10 Å². The summed E-state index contributed by atoms with van der Waals surface area (Å²) in [5.41, 5.74) is 1.77. The van der Waals surface area contributed by atoms with Crippen LogP contribution in [0.15, 0.2) is 36.7 Å². The molecule has 1 unspecified atom stereocenters. The lowest BCUT2D eigenvalue weighted by Gasteiger charge is -2.35. The predicted octanol–water partition coefficient (Wildman–Crippen LogP) is 1.36. The van der Waals surface area contributed by atoms with Crippen molar-refractivity contribution in [3.05, 3.63) is 47.8 Å². The summed E-state index contributed by atoms with van der Waals surface area (Å²) in [5.74, 6) is 0.668. The Hall–Kier alpha value is -2.35. The molecule has 0 N–H and O–H groups in total. The zero-order valence-electron chi connectivity index (χ0n) is 15.0. The van der Waals surface area contributed by atoms with Gasteiger partial charge in [-0.3, -0.25) is 9.48 Å². The Kier molecular flexibility index (Phi) is 5.31. The number of amides is 1. The lowest BCUT2D eigenvalue weighted by Crippen LogP contribution is -2.46. The molecule has 1 fully saturated rings. The fourth-order valence-electron chi connectivity index (χ4n) is 3.22. The Labute approximate surface area is 153 Å². The predicted molar refractivity (Wildman–Crippen MR) is 97.6 cm³/mol. The van der Waals surface area contributed by atoms with Gasteiger partial charge in [0, 0.05) is 31.8 Å². The number of ether oxygens (including phenoxy) is 1. The number of hydrogen-bond donors (Lipinski definition) is 0. The first kappa shape index (κ1) is 18.4. The molecule has 2 heterocycles. The molecule has 3 rings (SSSR count). The molecule has 1 saturated heterocycles. The maximum atomic E-state index is 12.8. The molecule has 8 heteroatoms. The number of benzene rings is 1. The molecule has 1 atom stereocenters. The molecule has 0 aliphatic carbocycles. The van der Waals surface area contributed by atoms with Crippen molar-refractivity contribution in [1.82, 2.24) is 14.7 Å². The summed E-state index contributed by atoms with van der Waals surface area (Å²) in [6, 6.07) is 7.14. The van der Waals surface area contributed by atoms with E-state index in [4.69, 9.17) is 4.74 Å². The second-order valence-corrected chi connectivity index (χ2v) is 8.74. The highest BCUT2D eigenvalue weighted by Crippen LogP contribution is 2.27. The van der Waals surface area contributed by atoms with Gasteiger partial charge >= 0.3 is 0 Å². The van der Waals surface area contributed by atoms with Crippen molar-refractivity contribution in [2.75, 3.05) is 25.2 Å². The zero-order valence-corrected chi connectivity index (χ0v) is 15.8. The molecule has 1 amide bonds. The van der Waals surface area contributed by atoms with Gasteiger partial charge in [0.15, 0.2) is 9.84 Å². The quantitative estimate of drug-likeness (QED) is 0.786. The van der Waals surface area contributed by atoms with E-state index in [1.54, 1.807) is 36.1 Å². The number of methoxy groups -OCH3 is 1. The van der Waals surface area contributed by atoms with Gasteiger partial charge in [-0.1, -0.05) is 12.1 Å². The third kappa shape index (κ3) is 4.24. The number of aryl methyl sites for hydroxylation is 2. The van der Waals surface area contributed by atoms with Crippen LogP contribution >= 0.6 is 0 Å². The van der Waals surface area contributed by atoms with E-state index in [0.29, 0.717) is 12.8 Å². The number of carbonyl (C=O) groups excluding carboxylic acids is 1. The molecule has 26 heavy (non-hydrogen) atoms. The van der Waals surface area contributed by atoms with Gasteiger partial charge in [0.2, 0.25) is 5.91 Å². The van der Waals surface area contributed by atoms with Crippen molar-refractivity contribution in [2.24, 2.45) is 7.05 Å². The average Bonchev–Trinajstić information content (AvgIpc) is 3.05. The number of aromatic nitrogens is 2. The van der Waals surface area contributed by atoms with E-state index in [1.165, 1.54) is 0 Å². The van der Waals surface area contributed by atoms with Crippen LogP contribution in [0.5, 0.6) is 5.75 Å². The summed E-state index contributed by atoms with van der Waals surface area (Å²) in [6.45, 7) is 0.221. The monoisotopic (exact) mass is 377 g/mol. The normalized spacial score (nSPS) is 19.3. The highest BCUT2D eigenvalue weighted by Gasteiger charge is 2.35. The number of nitrogens with zero attached hydrogens (tertiary/aromatic N) is 3. The smallest absolute Gasteiger partial charge is 0.223 e. The van der Waals surface area contributed by atoms with Gasteiger partial charge in [-0.25, -0.2) is 8.42 Å². The number of rotatable bonds is 5. The highest BCUT2D eigenvalue weighted by molar-refractivity contribution is 7.91. The lowest BCUT2D eigenvalue weighted by molar-refractivity contribution is -0.133. The van der Waals surface area contributed by atoms with Crippen LogP contribution in [-0.4, -0.2) is 54.2 Å². The van der Waals surface area contributed by atoms with E-state index < -0.39 is 15.9 Å². The fraction of sp³-hybridized carbons (Fsp3) is 0.444. The molecule has 1 aliphatic rings. The molecule has 2 aromatic rings. The van der Waals surface area contributed by atoms with Gasteiger partial charge in [0.25, 0.3) is 0 Å². The Bertz CT molecular complexity index is 891. The second-order valence-electron chi connectivity index (χ2n) is 6.52. The van der Waals surface area contributed by atoms with E-state index in [-0.39, 0.29) is 24.0 Å². The maximum Gasteiger partial charge on any atom is 0.223 e. The minimum atomic E-state index is -3.16. The van der Waals surface area contributed by atoms with E-state index in [0.717, 1.165) is 16.9 Å². The van der Waals surface area contributed by atoms with Gasteiger partial charge in [-0.05, 0) is 24.1 Å². The van der Waals surface area contributed by atoms with Crippen LogP contribution in [0.25, 0.3) is 0 Å². The Morgan fingerprint density at radius 3 is 2.88 bits per heavy atom. The first-order valence-corrected chi connectivity index (χ1v) is 10.3. The van der Waals surface area contributed by atoms with Gasteiger partial charge < -0.3 is 9.64 Å². The number of hydrogen-bond acceptors (Lipinski definition) is 5. The van der Waals surface area contributed by atoms with Crippen molar-refractivity contribution in [2.45, 2.75) is 18.9 Å². The summed E-state index contributed by atoms with van der Waals surface area (Å²) >= 11 is 0. The minimum absolute atomic E-state index is 0.00859. The second kappa shape index (κ2) is 7.49. The zero-order chi connectivity index (χ0) is 18.7. The summed E-state index contributed by atoms with van der Waals surface area (Å²) in [6.07, 6.45) is 4.31. The molecule has 1 aliphatic heterocycles. The maximum absolute atomic E-state index is 12.8. The number of sulfone groups is 1. The van der Waals surface area contributed by atoms with Crippen molar-refractivity contribution in [3.8, 4) is 5.75 Å². The Morgan fingerprint density at radius 1 is 1.38 bits per heavy atom. The minimum Gasteiger partial charge on any atom is -0.497 e. The van der Waals surface area contributed by atoms with Crippen molar-refractivity contribution >= 4 is 15.7 Å². The molecule has 7 nitrogen and oxygen atoms in total. The van der Waals surface area contributed by atoms with Crippen LogP contribution < -0.4 is 4.74 Å². The third-order valence-electron chi connectivity index (χ3n) is 4.62. The molecule has 0 saturated carbocycles. The molecule has 1 aromatic carbocycles. The van der Waals surface area contributed by atoms with Gasteiger partial charge in [-0.15, -0.1) is 0 Å². The molecule has 140 valence electrons. The lowest BCUT2D eigenvalue weighted by atomic mass is 10.1. The van der Waals surface area contributed by atoms with Crippen LogP contribution in [0.3, 0.4) is 0 Å². The Balaban J connectivity index is 1.73. The molecular formula is C18H23N3O4S. The Morgan fingerprint density at radius 2 is 2.19 bits per heavy atom. The van der Waals surface area contributed by atoms with Crippen LogP contribution in [-0.2, 0) is 28.1 Å². The molecule has 0 radical (unpaired) electrons. The van der Waals surface area contributed by atoms with Crippen molar-refractivity contribution in [1.29, 1.82) is 0 Å². The fourth-order valence-corrected chi connectivity index (χ4v) is 4.71. The molecular weight excluding hydrogens is 354 g/mol. The van der Waals surface area contributed by atoms with Gasteiger partial charge in [0.1, 0.15) is 5.75 Å². The van der Waals surface area contributed by atoms with Crippen molar-refractivity contribution < 1.29 is 17.9 Å². The average molecular weight is 377 g/mol.